The van der Waals surface area contributed by atoms with E-state index in [0.717, 1.165) is 23.1 Å². The number of ether oxygens (including phenoxy) is 1. The van der Waals surface area contributed by atoms with Crippen LogP contribution < -0.4 is 14.4 Å². The lowest BCUT2D eigenvalue weighted by atomic mass is 10.1. The molecule has 1 N–H and O–H groups in total. The molecule has 4 rings (SSSR count). The van der Waals surface area contributed by atoms with Crippen LogP contribution in [0.25, 0.3) is 10.6 Å². The Hall–Kier alpha value is -3.76. The first-order valence-corrected chi connectivity index (χ1v) is 12.9. The molecule has 0 saturated carbocycles. The molecule has 3 aromatic carbocycles. The largest absolute Gasteiger partial charge is 0.497 e. The molecule has 174 valence electrons. The van der Waals surface area contributed by atoms with Crippen LogP contribution in [0.3, 0.4) is 0 Å². The summed E-state index contributed by atoms with van der Waals surface area (Å²) in [4.78, 5) is 13.1. The smallest absolute Gasteiger partial charge is 0.259 e. The molecule has 0 aliphatic heterocycles. The minimum absolute atomic E-state index is 0.102. The van der Waals surface area contributed by atoms with Gasteiger partial charge >= 0.3 is 0 Å². The van der Waals surface area contributed by atoms with Crippen molar-refractivity contribution >= 4 is 38.1 Å². The zero-order valence-electron chi connectivity index (χ0n) is 18.5. The molecule has 0 unspecified atom stereocenters. The van der Waals surface area contributed by atoms with E-state index < -0.39 is 15.9 Å². The number of methoxy groups -OCH3 is 1. The van der Waals surface area contributed by atoms with Crippen molar-refractivity contribution in [3.63, 3.8) is 0 Å². The molecule has 1 heterocycles. The molecule has 1 aromatic heterocycles. The zero-order chi connectivity index (χ0) is 24.1. The fraction of sp³-hybridized carbons (Fsp3) is 0.125. The fourth-order valence-electron chi connectivity index (χ4n) is 3.30. The number of rotatable bonds is 8. The highest BCUT2D eigenvalue weighted by Gasteiger charge is 2.24. The van der Waals surface area contributed by atoms with Crippen molar-refractivity contribution in [2.45, 2.75) is 6.54 Å². The van der Waals surface area contributed by atoms with E-state index >= 15 is 0 Å². The number of nitrogens with one attached hydrogen (secondary N) is 1. The summed E-state index contributed by atoms with van der Waals surface area (Å²) in [6.45, 7) is 0.102. The van der Waals surface area contributed by atoms with Crippen LogP contribution in [0.15, 0.2) is 78.9 Å². The first-order chi connectivity index (χ1) is 16.3. The number of benzene rings is 3. The normalized spacial score (nSPS) is 11.1. The maximum absolute atomic E-state index is 13.1. The second kappa shape index (κ2) is 10.0. The van der Waals surface area contributed by atoms with Crippen LogP contribution in [0, 0.1) is 0 Å². The van der Waals surface area contributed by atoms with E-state index in [1.807, 2.05) is 54.6 Å². The van der Waals surface area contributed by atoms with E-state index in [1.165, 1.54) is 15.6 Å². The van der Waals surface area contributed by atoms with Crippen molar-refractivity contribution in [1.82, 2.24) is 10.2 Å². The van der Waals surface area contributed by atoms with E-state index in [-0.39, 0.29) is 17.8 Å². The summed E-state index contributed by atoms with van der Waals surface area (Å²) in [6, 6.07) is 23.1. The van der Waals surface area contributed by atoms with E-state index in [0.29, 0.717) is 10.1 Å². The van der Waals surface area contributed by atoms with Gasteiger partial charge in [-0.05, 0) is 42.0 Å². The van der Waals surface area contributed by atoms with E-state index in [2.05, 4.69) is 15.5 Å². The molecule has 0 bridgehead atoms. The van der Waals surface area contributed by atoms with Gasteiger partial charge in [-0.15, -0.1) is 10.2 Å². The summed E-state index contributed by atoms with van der Waals surface area (Å²) >= 11 is 1.22. The maximum Gasteiger partial charge on any atom is 0.259 e. The van der Waals surface area contributed by atoms with Crippen LogP contribution >= 0.6 is 11.3 Å². The summed E-state index contributed by atoms with van der Waals surface area (Å²) in [7, 11) is -2.07. The van der Waals surface area contributed by atoms with Gasteiger partial charge in [0, 0.05) is 5.56 Å². The standard InChI is InChI=1S/C24H22N4O4S2/c1-32-19-14-12-18(13-15-19)23-26-27-24(33-23)25-22(29)20-10-6-7-11-21(20)28(34(2,30)31)16-17-8-4-3-5-9-17/h3-15H,16H2,1-2H3,(H,25,27,29). The quantitative estimate of drug-likeness (QED) is 0.389. The van der Waals surface area contributed by atoms with Crippen molar-refractivity contribution in [3.8, 4) is 16.3 Å². The van der Waals surface area contributed by atoms with E-state index in [4.69, 9.17) is 4.74 Å². The van der Waals surface area contributed by atoms with E-state index in [9.17, 15) is 13.2 Å². The summed E-state index contributed by atoms with van der Waals surface area (Å²) in [5, 5.41) is 11.9. The van der Waals surface area contributed by atoms with Gasteiger partial charge in [0.2, 0.25) is 15.2 Å². The Morgan fingerprint density at radius 3 is 2.32 bits per heavy atom. The second-order valence-corrected chi connectivity index (χ2v) is 10.3. The molecular weight excluding hydrogens is 472 g/mol. The molecule has 0 aliphatic carbocycles. The van der Waals surface area contributed by atoms with Gasteiger partial charge in [-0.3, -0.25) is 14.4 Å². The van der Waals surface area contributed by atoms with Gasteiger partial charge in [0.15, 0.2) is 0 Å². The molecule has 0 saturated heterocycles. The van der Waals surface area contributed by atoms with Gasteiger partial charge in [0.1, 0.15) is 10.8 Å². The molecule has 4 aromatic rings. The molecule has 0 radical (unpaired) electrons. The molecule has 1 amide bonds. The van der Waals surface area contributed by atoms with Gasteiger partial charge in [-0.2, -0.15) is 0 Å². The highest BCUT2D eigenvalue weighted by Crippen LogP contribution is 2.30. The molecule has 0 fully saturated rings. The topological polar surface area (TPSA) is 101 Å². The Morgan fingerprint density at radius 1 is 0.971 bits per heavy atom. The average Bonchev–Trinajstić information content (AvgIpc) is 3.31. The highest BCUT2D eigenvalue weighted by atomic mass is 32.2. The third-order valence-electron chi connectivity index (χ3n) is 4.97. The predicted octanol–water partition coefficient (Wildman–Crippen LogP) is 4.43. The number of sulfonamides is 1. The lowest BCUT2D eigenvalue weighted by molar-refractivity contribution is 0.102. The number of nitrogens with zero attached hydrogens (tertiary/aromatic N) is 3. The number of amides is 1. The Bertz CT molecular complexity index is 1390. The summed E-state index contributed by atoms with van der Waals surface area (Å²) in [5.74, 6) is 0.249. The highest BCUT2D eigenvalue weighted by molar-refractivity contribution is 7.92. The van der Waals surface area contributed by atoms with Crippen molar-refractivity contribution in [3.05, 3.63) is 90.0 Å². The summed E-state index contributed by atoms with van der Waals surface area (Å²) in [6.07, 6.45) is 1.12. The number of carbonyl (C=O) groups excluding carboxylic acids is 1. The predicted molar refractivity (Wildman–Crippen MR) is 134 cm³/mol. The number of para-hydroxylation sites is 1. The Labute approximate surface area is 201 Å². The number of carbonyl (C=O) groups is 1. The average molecular weight is 495 g/mol. The van der Waals surface area contributed by atoms with Gasteiger partial charge in [0.25, 0.3) is 5.91 Å². The van der Waals surface area contributed by atoms with E-state index in [1.54, 1.807) is 31.4 Å². The third kappa shape index (κ3) is 5.41. The molecule has 10 heteroatoms. The SMILES string of the molecule is COc1ccc(-c2nnc(NC(=O)c3ccccc3N(Cc3ccccc3)S(C)(=O)=O)s2)cc1. The van der Waals surface area contributed by atoms with Gasteiger partial charge < -0.3 is 4.74 Å². The van der Waals surface area contributed by atoms with Crippen molar-refractivity contribution in [1.29, 1.82) is 0 Å². The molecule has 0 spiro atoms. The lowest BCUT2D eigenvalue weighted by Crippen LogP contribution is -2.31. The van der Waals surface area contributed by atoms with Crippen molar-refractivity contribution in [2.75, 3.05) is 23.0 Å². The number of hydrogen-bond acceptors (Lipinski definition) is 7. The molecule has 8 nitrogen and oxygen atoms in total. The summed E-state index contributed by atoms with van der Waals surface area (Å²) < 4.78 is 31.7. The second-order valence-electron chi connectivity index (χ2n) is 7.37. The molecular formula is C24H22N4O4S2. The Balaban J connectivity index is 1.59. The fourth-order valence-corrected chi connectivity index (χ4v) is 4.95. The monoisotopic (exact) mass is 494 g/mol. The van der Waals surface area contributed by atoms with Crippen LogP contribution in [0.2, 0.25) is 0 Å². The van der Waals surface area contributed by atoms with Crippen LogP contribution in [-0.4, -0.2) is 37.9 Å². The van der Waals surface area contributed by atoms with Crippen LogP contribution in [0.1, 0.15) is 15.9 Å². The van der Waals surface area contributed by atoms with Crippen molar-refractivity contribution in [2.24, 2.45) is 0 Å². The van der Waals surface area contributed by atoms with Gasteiger partial charge in [-0.25, -0.2) is 8.42 Å². The summed E-state index contributed by atoms with van der Waals surface area (Å²) in [5.41, 5.74) is 2.14. The van der Waals surface area contributed by atoms with Crippen LogP contribution in [0.5, 0.6) is 5.75 Å². The van der Waals surface area contributed by atoms with Crippen LogP contribution in [0.4, 0.5) is 10.8 Å². The van der Waals surface area contributed by atoms with Gasteiger partial charge in [0.05, 0.1) is 31.2 Å². The molecule has 0 aliphatic rings. The Kier molecular flexibility index (Phi) is 6.90. The first kappa shape index (κ1) is 23.4. The van der Waals surface area contributed by atoms with Gasteiger partial charge in [-0.1, -0.05) is 53.8 Å². The molecule has 34 heavy (non-hydrogen) atoms. The zero-order valence-corrected chi connectivity index (χ0v) is 20.1. The van der Waals surface area contributed by atoms with Crippen molar-refractivity contribution < 1.29 is 17.9 Å². The Morgan fingerprint density at radius 2 is 1.65 bits per heavy atom. The number of aromatic nitrogens is 2. The third-order valence-corrected chi connectivity index (χ3v) is 6.98. The molecule has 0 atom stereocenters. The number of anilines is 2. The minimum atomic E-state index is -3.67. The lowest BCUT2D eigenvalue weighted by Gasteiger charge is -2.24. The first-order valence-electron chi connectivity index (χ1n) is 10.2. The number of hydrogen-bond donors (Lipinski definition) is 1. The minimum Gasteiger partial charge on any atom is -0.497 e. The van der Waals surface area contributed by atoms with Crippen LogP contribution in [-0.2, 0) is 16.6 Å². The maximum atomic E-state index is 13.1.